The van der Waals surface area contributed by atoms with Gasteiger partial charge in [-0.25, -0.2) is 0 Å². The third-order valence-electron chi connectivity index (χ3n) is 2.84. The molecular weight excluding hydrogens is 168 g/mol. The zero-order chi connectivity index (χ0) is 9.84. The molecule has 4 heteroatoms. The summed E-state index contributed by atoms with van der Waals surface area (Å²) in [5.41, 5.74) is 10.8. The van der Waals surface area contributed by atoms with Crippen molar-refractivity contribution in [1.82, 2.24) is 0 Å². The van der Waals surface area contributed by atoms with Gasteiger partial charge in [0, 0.05) is 7.11 Å². The molecule has 4 N–H and O–H groups in total. The van der Waals surface area contributed by atoms with Crippen LogP contribution in [0.15, 0.2) is 0 Å². The Morgan fingerprint density at radius 1 is 1.54 bits per heavy atom. The fourth-order valence-electron chi connectivity index (χ4n) is 1.95. The van der Waals surface area contributed by atoms with Crippen LogP contribution in [0, 0.1) is 5.92 Å². The quantitative estimate of drug-likeness (QED) is 0.651. The van der Waals surface area contributed by atoms with Gasteiger partial charge in [0.05, 0.1) is 12.1 Å². The molecule has 0 heterocycles. The van der Waals surface area contributed by atoms with Crippen LogP contribution >= 0.6 is 0 Å². The molecular formula is C9H18N2O2. The van der Waals surface area contributed by atoms with Crippen LogP contribution in [0.3, 0.4) is 0 Å². The molecule has 76 valence electrons. The molecule has 4 nitrogen and oxygen atoms in total. The first-order chi connectivity index (χ1) is 6.15. The average Bonchev–Trinajstić information content (AvgIpc) is 2.16. The zero-order valence-electron chi connectivity index (χ0n) is 8.03. The third kappa shape index (κ3) is 2.67. The van der Waals surface area contributed by atoms with E-state index in [1.165, 1.54) is 0 Å². The highest BCUT2D eigenvalue weighted by molar-refractivity contribution is 5.79. The maximum Gasteiger partial charge on any atom is 0.234 e. The predicted molar refractivity (Wildman–Crippen MR) is 49.9 cm³/mol. The number of carbonyl (C=O) groups is 1. The van der Waals surface area contributed by atoms with Crippen molar-refractivity contribution in [1.29, 1.82) is 0 Å². The monoisotopic (exact) mass is 186 g/mol. The SMILES string of the molecule is COC1CCCC(C(N)C(N)=O)C1. The lowest BCUT2D eigenvalue weighted by Gasteiger charge is -2.30. The molecule has 0 spiro atoms. The van der Waals surface area contributed by atoms with E-state index >= 15 is 0 Å². The van der Waals surface area contributed by atoms with Crippen molar-refractivity contribution in [2.24, 2.45) is 17.4 Å². The number of primary amides is 1. The van der Waals surface area contributed by atoms with E-state index in [1.54, 1.807) is 7.11 Å². The van der Waals surface area contributed by atoms with Gasteiger partial charge in [0.15, 0.2) is 0 Å². The third-order valence-corrected chi connectivity index (χ3v) is 2.84. The Bertz CT molecular complexity index is 184. The molecule has 0 aromatic rings. The van der Waals surface area contributed by atoms with Crippen molar-refractivity contribution >= 4 is 5.91 Å². The zero-order valence-corrected chi connectivity index (χ0v) is 8.03. The second kappa shape index (κ2) is 4.58. The lowest BCUT2D eigenvalue weighted by atomic mass is 9.82. The highest BCUT2D eigenvalue weighted by atomic mass is 16.5. The molecule has 0 aromatic carbocycles. The van der Waals surface area contributed by atoms with Gasteiger partial charge in [0.1, 0.15) is 0 Å². The smallest absolute Gasteiger partial charge is 0.234 e. The Balaban J connectivity index is 2.46. The molecule has 1 amide bonds. The first-order valence-corrected chi connectivity index (χ1v) is 4.73. The van der Waals surface area contributed by atoms with Gasteiger partial charge in [-0.2, -0.15) is 0 Å². The number of carbonyl (C=O) groups excluding carboxylic acids is 1. The summed E-state index contributed by atoms with van der Waals surface area (Å²) in [4.78, 5) is 10.8. The van der Waals surface area contributed by atoms with Gasteiger partial charge in [0.25, 0.3) is 0 Å². The summed E-state index contributed by atoms with van der Waals surface area (Å²) >= 11 is 0. The summed E-state index contributed by atoms with van der Waals surface area (Å²) in [7, 11) is 1.70. The number of nitrogens with two attached hydrogens (primary N) is 2. The lowest BCUT2D eigenvalue weighted by Crippen LogP contribution is -2.45. The van der Waals surface area contributed by atoms with Crippen LogP contribution in [0.2, 0.25) is 0 Å². The first kappa shape index (κ1) is 10.5. The van der Waals surface area contributed by atoms with E-state index in [9.17, 15) is 4.79 Å². The van der Waals surface area contributed by atoms with E-state index in [2.05, 4.69) is 0 Å². The first-order valence-electron chi connectivity index (χ1n) is 4.73. The van der Waals surface area contributed by atoms with Crippen LogP contribution in [0.1, 0.15) is 25.7 Å². The molecule has 1 rings (SSSR count). The highest BCUT2D eigenvalue weighted by Crippen LogP contribution is 2.27. The fourth-order valence-corrected chi connectivity index (χ4v) is 1.95. The molecule has 0 radical (unpaired) electrons. The van der Waals surface area contributed by atoms with E-state index in [-0.39, 0.29) is 12.0 Å². The molecule has 1 aliphatic carbocycles. The van der Waals surface area contributed by atoms with Crippen molar-refractivity contribution in [3.8, 4) is 0 Å². The van der Waals surface area contributed by atoms with Gasteiger partial charge >= 0.3 is 0 Å². The van der Waals surface area contributed by atoms with Gasteiger partial charge in [-0.1, -0.05) is 6.42 Å². The highest BCUT2D eigenvalue weighted by Gasteiger charge is 2.28. The minimum Gasteiger partial charge on any atom is -0.381 e. The van der Waals surface area contributed by atoms with Crippen LogP contribution in [0.25, 0.3) is 0 Å². The van der Waals surface area contributed by atoms with Crippen LogP contribution in [-0.2, 0) is 9.53 Å². The maximum absolute atomic E-state index is 10.8. The fraction of sp³-hybridized carbons (Fsp3) is 0.889. The summed E-state index contributed by atoms with van der Waals surface area (Å²) in [6.45, 7) is 0. The Labute approximate surface area is 78.6 Å². The Morgan fingerprint density at radius 2 is 2.23 bits per heavy atom. The normalized spacial score (nSPS) is 31.2. The number of ether oxygens (including phenoxy) is 1. The maximum atomic E-state index is 10.8. The van der Waals surface area contributed by atoms with Crippen molar-refractivity contribution in [2.45, 2.75) is 37.8 Å². The molecule has 3 unspecified atom stereocenters. The summed E-state index contributed by atoms with van der Waals surface area (Å²) in [5, 5.41) is 0. The summed E-state index contributed by atoms with van der Waals surface area (Å²) in [5.74, 6) is -0.196. The number of amides is 1. The van der Waals surface area contributed by atoms with Crippen LogP contribution < -0.4 is 11.5 Å². The molecule has 1 fully saturated rings. The van der Waals surface area contributed by atoms with Gasteiger partial charge in [-0.3, -0.25) is 4.79 Å². The Kier molecular flexibility index (Phi) is 3.69. The van der Waals surface area contributed by atoms with Crippen molar-refractivity contribution < 1.29 is 9.53 Å². The van der Waals surface area contributed by atoms with Gasteiger partial charge < -0.3 is 16.2 Å². The lowest BCUT2D eigenvalue weighted by molar-refractivity contribution is -0.121. The van der Waals surface area contributed by atoms with E-state index in [0.717, 1.165) is 25.7 Å². The van der Waals surface area contributed by atoms with Gasteiger partial charge in [-0.05, 0) is 25.2 Å². The largest absolute Gasteiger partial charge is 0.381 e. The van der Waals surface area contributed by atoms with Gasteiger partial charge in [-0.15, -0.1) is 0 Å². The van der Waals surface area contributed by atoms with Crippen LogP contribution in [0.4, 0.5) is 0 Å². The Hall–Kier alpha value is -0.610. The molecule has 13 heavy (non-hydrogen) atoms. The second-order valence-corrected chi connectivity index (χ2v) is 3.71. The molecule has 0 aliphatic heterocycles. The topological polar surface area (TPSA) is 78.3 Å². The van der Waals surface area contributed by atoms with Gasteiger partial charge in [0.2, 0.25) is 5.91 Å². The number of hydrogen-bond donors (Lipinski definition) is 2. The van der Waals surface area contributed by atoms with E-state index in [4.69, 9.17) is 16.2 Å². The average molecular weight is 186 g/mol. The minimum absolute atomic E-state index is 0.205. The Morgan fingerprint density at radius 3 is 2.77 bits per heavy atom. The molecule has 1 saturated carbocycles. The molecule has 0 saturated heterocycles. The standard InChI is InChI=1S/C9H18N2O2/c1-13-7-4-2-3-6(5-7)8(10)9(11)12/h6-8H,2-5,10H2,1H3,(H2,11,12). The number of methoxy groups -OCH3 is 1. The predicted octanol–water partition coefficient (Wildman–Crippen LogP) is 0.00420. The molecule has 0 aromatic heterocycles. The van der Waals surface area contributed by atoms with E-state index in [1.807, 2.05) is 0 Å². The molecule has 0 bridgehead atoms. The second-order valence-electron chi connectivity index (χ2n) is 3.71. The summed E-state index contributed by atoms with van der Waals surface area (Å²) in [6.07, 6.45) is 4.25. The molecule has 3 atom stereocenters. The minimum atomic E-state index is -0.502. The van der Waals surface area contributed by atoms with Crippen molar-refractivity contribution in [3.05, 3.63) is 0 Å². The van der Waals surface area contributed by atoms with Crippen molar-refractivity contribution in [3.63, 3.8) is 0 Å². The summed E-state index contributed by atoms with van der Waals surface area (Å²) < 4.78 is 5.24. The van der Waals surface area contributed by atoms with E-state index < -0.39 is 11.9 Å². The van der Waals surface area contributed by atoms with Crippen LogP contribution in [-0.4, -0.2) is 25.2 Å². The number of hydrogen-bond acceptors (Lipinski definition) is 3. The summed E-state index contributed by atoms with van der Waals surface area (Å²) in [6, 6.07) is -0.502. The van der Waals surface area contributed by atoms with E-state index in [0.29, 0.717) is 0 Å². The van der Waals surface area contributed by atoms with Crippen LogP contribution in [0.5, 0.6) is 0 Å². The number of rotatable bonds is 3. The van der Waals surface area contributed by atoms with Crippen molar-refractivity contribution in [2.75, 3.05) is 7.11 Å². The molecule has 1 aliphatic rings.